The van der Waals surface area contributed by atoms with E-state index in [2.05, 4.69) is 15.3 Å². The number of nitrogens with one attached hydrogen (secondary N) is 2. The Kier molecular flexibility index (Phi) is 4.79. The Morgan fingerprint density at radius 2 is 1.97 bits per heavy atom. The van der Waals surface area contributed by atoms with Crippen LogP contribution >= 0.6 is 0 Å². The van der Waals surface area contributed by atoms with Gasteiger partial charge in [-0.2, -0.15) is 18.4 Å². The van der Waals surface area contributed by atoms with Crippen LogP contribution in [0.2, 0.25) is 0 Å². The number of aromatic nitrogens is 3. The average molecular weight is 423 g/mol. The molecule has 0 bridgehead atoms. The summed E-state index contributed by atoms with van der Waals surface area (Å²) in [4.78, 5) is 30.9. The molecule has 0 saturated carbocycles. The van der Waals surface area contributed by atoms with Gasteiger partial charge in [-0.05, 0) is 30.3 Å². The molecule has 0 saturated heterocycles. The molecular formula is C21H12F3N5O2. The summed E-state index contributed by atoms with van der Waals surface area (Å²) >= 11 is 0. The summed E-state index contributed by atoms with van der Waals surface area (Å²) in [6.45, 7) is 0. The number of fused-ring (bicyclic) bond motifs is 1. The lowest BCUT2D eigenvalue weighted by Crippen LogP contribution is -2.20. The zero-order valence-electron chi connectivity index (χ0n) is 15.6. The number of amides is 1. The number of anilines is 1. The van der Waals surface area contributed by atoms with Crippen LogP contribution in [0.15, 0.2) is 66.0 Å². The van der Waals surface area contributed by atoms with Crippen LogP contribution in [0.3, 0.4) is 0 Å². The highest BCUT2D eigenvalue weighted by Gasteiger charge is 2.39. The average Bonchev–Trinajstić information content (AvgIpc) is 3.20. The summed E-state index contributed by atoms with van der Waals surface area (Å²) in [6.07, 6.45) is 0.0765. The summed E-state index contributed by atoms with van der Waals surface area (Å²) in [5.74, 6) is -1.01. The first-order valence-corrected chi connectivity index (χ1v) is 8.85. The second-order valence-electron chi connectivity index (χ2n) is 6.52. The number of aromatic amines is 1. The van der Waals surface area contributed by atoms with Crippen LogP contribution in [-0.4, -0.2) is 20.4 Å². The molecule has 154 valence electrons. The predicted molar refractivity (Wildman–Crippen MR) is 106 cm³/mol. The SMILES string of the molecule is N#Cc1cncc(NC(=O)c2ccn(-c3cccc4c(=O)[nH]ccc34)c2C(F)(F)F)c1. The summed E-state index contributed by atoms with van der Waals surface area (Å²) in [7, 11) is 0. The van der Waals surface area contributed by atoms with Crippen molar-refractivity contribution >= 4 is 22.4 Å². The Morgan fingerprint density at radius 1 is 1.16 bits per heavy atom. The third-order valence-electron chi connectivity index (χ3n) is 4.58. The molecule has 1 amide bonds. The Bertz CT molecular complexity index is 1410. The highest BCUT2D eigenvalue weighted by molar-refractivity contribution is 6.05. The highest BCUT2D eigenvalue weighted by atomic mass is 19.4. The first kappa shape index (κ1) is 19.9. The number of H-pyrrole nitrogens is 1. The van der Waals surface area contributed by atoms with E-state index in [1.165, 1.54) is 48.9 Å². The van der Waals surface area contributed by atoms with Crippen molar-refractivity contribution < 1.29 is 18.0 Å². The maximum absolute atomic E-state index is 14.0. The van der Waals surface area contributed by atoms with Gasteiger partial charge in [0.15, 0.2) is 0 Å². The molecule has 7 nitrogen and oxygen atoms in total. The fraction of sp³-hybridized carbons (Fsp3) is 0.0476. The van der Waals surface area contributed by atoms with Crippen molar-refractivity contribution in [2.75, 3.05) is 5.32 Å². The van der Waals surface area contributed by atoms with Crippen molar-refractivity contribution in [2.24, 2.45) is 0 Å². The van der Waals surface area contributed by atoms with Crippen molar-refractivity contribution in [2.45, 2.75) is 6.18 Å². The van der Waals surface area contributed by atoms with E-state index in [-0.39, 0.29) is 22.3 Å². The topological polar surface area (TPSA) is 104 Å². The molecule has 4 aromatic rings. The molecule has 0 aliphatic carbocycles. The Morgan fingerprint density at radius 3 is 2.71 bits per heavy atom. The predicted octanol–water partition coefficient (Wildman–Crippen LogP) is 3.86. The molecule has 4 rings (SSSR count). The number of rotatable bonds is 3. The molecule has 31 heavy (non-hydrogen) atoms. The highest BCUT2D eigenvalue weighted by Crippen LogP contribution is 2.36. The van der Waals surface area contributed by atoms with Gasteiger partial charge in [0.2, 0.25) is 0 Å². The van der Waals surface area contributed by atoms with Crippen molar-refractivity contribution in [1.29, 1.82) is 5.26 Å². The minimum Gasteiger partial charge on any atom is -0.329 e. The fourth-order valence-electron chi connectivity index (χ4n) is 3.29. The molecule has 10 heteroatoms. The summed E-state index contributed by atoms with van der Waals surface area (Å²) in [5, 5.41) is 11.8. The molecule has 0 fully saturated rings. The first-order valence-electron chi connectivity index (χ1n) is 8.85. The number of pyridine rings is 2. The summed E-state index contributed by atoms with van der Waals surface area (Å²) in [5.41, 5.74) is -1.92. The molecule has 0 unspecified atom stereocenters. The molecular weight excluding hydrogens is 411 g/mol. The standard InChI is InChI=1S/C21H12F3N5O2/c22-21(23,24)18-16(20(31)28-13-8-12(9-25)10-26-11-13)5-7-29(18)17-3-1-2-15-14(17)4-6-27-19(15)30/h1-8,10-11H,(H,27,30)(H,28,31). The molecule has 0 atom stereocenters. The number of carbonyl (C=O) groups is 1. The molecule has 0 aliphatic rings. The number of alkyl halides is 3. The van der Waals surface area contributed by atoms with Crippen LogP contribution in [0.1, 0.15) is 21.6 Å². The number of halogens is 3. The van der Waals surface area contributed by atoms with E-state index in [0.29, 0.717) is 5.39 Å². The van der Waals surface area contributed by atoms with Crippen LogP contribution in [0.5, 0.6) is 0 Å². The van der Waals surface area contributed by atoms with E-state index >= 15 is 0 Å². The molecule has 2 N–H and O–H groups in total. The van der Waals surface area contributed by atoms with Gasteiger partial charge in [0.1, 0.15) is 11.8 Å². The molecule has 3 heterocycles. The lowest BCUT2D eigenvalue weighted by Gasteiger charge is -2.16. The van der Waals surface area contributed by atoms with Crippen LogP contribution in [0.25, 0.3) is 16.5 Å². The number of benzene rings is 1. The third kappa shape index (κ3) is 3.64. The van der Waals surface area contributed by atoms with Crippen molar-refractivity contribution in [1.82, 2.24) is 14.5 Å². The minimum absolute atomic E-state index is 0.0848. The van der Waals surface area contributed by atoms with Crippen LogP contribution in [0.4, 0.5) is 18.9 Å². The number of nitriles is 1. The Hall–Kier alpha value is -4.39. The second-order valence-corrected chi connectivity index (χ2v) is 6.52. The van der Waals surface area contributed by atoms with Gasteiger partial charge in [-0.15, -0.1) is 0 Å². The molecule has 0 aliphatic heterocycles. The fourth-order valence-corrected chi connectivity index (χ4v) is 3.29. The zero-order chi connectivity index (χ0) is 22.2. The summed E-state index contributed by atoms with van der Waals surface area (Å²) < 4.78 is 42.8. The Balaban J connectivity index is 1.84. The van der Waals surface area contributed by atoms with E-state index in [0.717, 1.165) is 16.8 Å². The Labute approximate surface area is 172 Å². The van der Waals surface area contributed by atoms with Gasteiger partial charge in [0.25, 0.3) is 11.5 Å². The van der Waals surface area contributed by atoms with Gasteiger partial charge in [0.05, 0.1) is 28.7 Å². The van der Waals surface area contributed by atoms with E-state index in [9.17, 15) is 22.8 Å². The lowest BCUT2D eigenvalue weighted by atomic mass is 10.1. The maximum atomic E-state index is 14.0. The van der Waals surface area contributed by atoms with Crippen LogP contribution in [0, 0.1) is 11.3 Å². The van der Waals surface area contributed by atoms with E-state index in [4.69, 9.17) is 5.26 Å². The minimum atomic E-state index is -4.87. The monoisotopic (exact) mass is 423 g/mol. The first-order chi connectivity index (χ1) is 14.8. The quantitative estimate of drug-likeness (QED) is 0.522. The lowest BCUT2D eigenvalue weighted by molar-refractivity contribution is -0.142. The van der Waals surface area contributed by atoms with Crippen molar-refractivity contribution in [3.05, 3.63) is 88.4 Å². The summed E-state index contributed by atoms with van der Waals surface area (Å²) in [6, 6.07) is 10.1. The van der Waals surface area contributed by atoms with Gasteiger partial charge < -0.3 is 14.9 Å². The van der Waals surface area contributed by atoms with Gasteiger partial charge in [-0.25, -0.2) is 0 Å². The number of nitrogens with zero attached hydrogens (tertiary/aromatic N) is 3. The van der Waals surface area contributed by atoms with E-state index in [1.807, 2.05) is 6.07 Å². The molecule has 1 aromatic carbocycles. The molecule has 0 radical (unpaired) electrons. The van der Waals surface area contributed by atoms with Gasteiger partial charge in [-0.1, -0.05) is 6.07 Å². The normalized spacial score (nSPS) is 11.3. The van der Waals surface area contributed by atoms with Crippen LogP contribution < -0.4 is 10.9 Å². The maximum Gasteiger partial charge on any atom is 0.432 e. The van der Waals surface area contributed by atoms with Gasteiger partial charge in [0, 0.05) is 29.4 Å². The van der Waals surface area contributed by atoms with Crippen molar-refractivity contribution in [3.8, 4) is 11.8 Å². The van der Waals surface area contributed by atoms with Crippen LogP contribution in [-0.2, 0) is 6.18 Å². The van der Waals surface area contributed by atoms with E-state index in [1.54, 1.807) is 0 Å². The second kappa shape index (κ2) is 7.46. The molecule has 0 spiro atoms. The van der Waals surface area contributed by atoms with E-state index < -0.39 is 28.9 Å². The third-order valence-corrected chi connectivity index (χ3v) is 4.58. The molecule has 3 aromatic heterocycles. The smallest absolute Gasteiger partial charge is 0.329 e. The van der Waals surface area contributed by atoms with Gasteiger partial charge >= 0.3 is 6.18 Å². The number of hydrogen-bond donors (Lipinski definition) is 2. The zero-order valence-corrected chi connectivity index (χ0v) is 15.6. The van der Waals surface area contributed by atoms with Crippen molar-refractivity contribution in [3.63, 3.8) is 0 Å². The number of carbonyl (C=O) groups excluding carboxylic acids is 1. The number of hydrogen-bond acceptors (Lipinski definition) is 4. The van der Waals surface area contributed by atoms with Gasteiger partial charge in [-0.3, -0.25) is 14.6 Å². The largest absolute Gasteiger partial charge is 0.432 e.